The number of benzene rings is 2. The quantitative estimate of drug-likeness (QED) is 0.719. The molecule has 8 nitrogen and oxygen atoms in total. The summed E-state index contributed by atoms with van der Waals surface area (Å²) in [5, 5.41) is 2.72. The van der Waals surface area contributed by atoms with E-state index in [1.165, 1.54) is 30.2 Å². The van der Waals surface area contributed by atoms with Crippen LogP contribution in [0.3, 0.4) is 0 Å². The fourth-order valence-electron chi connectivity index (χ4n) is 3.21. The van der Waals surface area contributed by atoms with Crippen LogP contribution >= 0.6 is 0 Å². The van der Waals surface area contributed by atoms with E-state index in [1.807, 2.05) is 0 Å². The second-order valence-corrected chi connectivity index (χ2v) is 6.97. The molecule has 1 atom stereocenters. The van der Waals surface area contributed by atoms with Gasteiger partial charge in [-0.2, -0.15) is 0 Å². The van der Waals surface area contributed by atoms with Gasteiger partial charge in [0.2, 0.25) is 11.8 Å². The molecule has 0 aromatic heterocycles. The molecule has 158 valence electrons. The molecule has 1 aliphatic rings. The summed E-state index contributed by atoms with van der Waals surface area (Å²) in [5.41, 5.74) is 6.39. The first-order valence-electron chi connectivity index (χ1n) is 9.25. The van der Waals surface area contributed by atoms with E-state index in [-0.39, 0.29) is 42.8 Å². The molecule has 1 aliphatic heterocycles. The number of aryl methyl sites for hydroxylation is 1. The number of rotatable bonds is 7. The van der Waals surface area contributed by atoms with Crippen LogP contribution in [0.4, 0.5) is 15.8 Å². The van der Waals surface area contributed by atoms with Crippen molar-refractivity contribution >= 4 is 29.1 Å². The summed E-state index contributed by atoms with van der Waals surface area (Å²) in [6.07, 6.45) is -0.0274. The average molecular weight is 415 g/mol. The summed E-state index contributed by atoms with van der Waals surface area (Å²) in [6, 6.07) is 9.26. The lowest BCUT2D eigenvalue weighted by Gasteiger charge is -2.18. The van der Waals surface area contributed by atoms with Crippen molar-refractivity contribution in [1.29, 1.82) is 0 Å². The number of halogens is 1. The number of nitrogens with zero attached hydrogens (tertiary/aromatic N) is 1. The summed E-state index contributed by atoms with van der Waals surface area (Å²) in [5.74, 6) is -1.90. The zero-order valence-corrected chi connectivity index (χ0v) is 16.6. The Morgan fingerprint density at radius 3 is 2.67 bits per heavy atom. The van der Waals surface area contributed by atoms with Crippen LogP contribution in [0.1, 0.15) is 12.0 Å². The van der Waals surface area contributed by atoms with Gasteiger partial charge in [0.15, 0.2) is 18.1 Å². The van der Waals surface area contributed by atoms with Crippen LogP contribution < -0.4 is 25.4 Å². The lowest BCUT2D eigenvalue weighted by Crippen LogP contribution is -2.28. The molecule has 30 heavy (non-hydrogen) atoms. The molecule has 3 rings (SSSR count). The molecule has 1 saturated heterocycles. The summed E-state index contributed by atoms with van der Waals surface area (Å²) in [7, 11) is 1.44. The highest BCUT2D eigenvalue weighted by Gasteiger charge is 2.36. The molecule has 0 aliphatic carbocycles. The Morgan fingerprint density at radius 2 is 2.00 bits per heavy atom. The zero-order valence-electron chi connectivity index (χ0n) is 16.6. The monoisotopic (exact) mass is 415 g/mol. The molecule has 1 heterocycles. The molecule has 0 spiro atoms. The Morgan fingerprint density at radius 1 is 1.23 bits per heavy atom. The zero-order chi connectivity index (χ0) is 21.8. The highest BCUT2D eigenvalue weighted by atomic mass is 19.1. The Kier molecular flexibility index (Phi) is 6.20. The van der Waals surface area contributed by atoms with Gasteiger partial charge < -0.3 is 25.4 Å². The number of primary amides is 1. The number of ether oxygens (including phenoxy) is 2. The largest absolute Gasteiger partial charge is 0.493 e. The first-order chi connectivity index (χ1) is 14.3. The van der Waals surface area contributed by atoms with Crippen molar-refractivity contribution in [3.8, 4) is 11.5 Å². The minimum atomic E-state index is -0.653. The van der Waals surface area contributed by atoms with E-state index < -0.39 is 17.6 Å². The first-order valence-corrected chi connectivity index (χ1v) is 9.25. The maximum atomic E-state index is 14.2. The van der Waals surface area contributed by atoms with Gasteiger partial charge in [0.25, 0.3) is 5.91 Å². The Bertz CT molecular complexity index is 995. The van der Waals surface area contributed by atoms with Gasteiger partial charge in [0.05, 0.1) is 18.7 Å². The van der Waals surface area contributed by atoms with E-state index in [1.54, 1.807) is 25.1 Å². The van der Waals surface area contributed by atoms with Gasteiger partial charge >= 0.3 is 0 Å². The third-order valence-corrected chi connectivity index (χ3v) is 4.69. The van der Waals surface area contributed by atoms with Gasteiger partial charge in [0, 0.05) is 24.7 Å². The molecule has 2 aromatic rings. The minimum absolute atomic E-state index is 0.0274. The smallest absolute Gasteiger partial charge is 0.255 e. The summed E-state index contributed by atoms with van der Waals surface area (Å²) in [4.78, 5) is 37.3. The van der Waals surface area contributed by atoms with Crippen LogP contribution in [0.15, 0.2) is 36.4 Å². The number of carbonyl (C=O) groups excluding carboxylic acids is 3. The first kappa shape index (κ1) is 21.1. The molecule has 0 saturated carbocycles. The van der Waals surface area contributed by atoms with E-state index in [4.69, 9.17) is 15.2 Å². The van der Waals surface area contributed by atoms with Crippen LogP contribution in [0.25, 0.3) is 0 Å². The number of amides is 3. The van der Waals surface area contributed by atoms with Gasteiger partial charge in [-0.15, -0.1) is 0 Å². The second-order valence-electron chi connectivity index (χ2n) is 6.97. The van der Waals surface area contributed by atoms with Crippen LogP contribution in [0, 0.1) is 18.7 Å². The number of anilines is 2. The van der Waals surface area contributed by atoms with Crippen LogP contribution in [-0.4, -0.2) is 38.0 Å². The molecule has 1 fully saturated rings. The Hall–Kier alpha value is -3.62. The fraction of sp³-hybridized carbons (Fsp3) is 0.286. The average Bonchev–Trinajstić information content (AvgIpc) is 3.08. The van der Waals surface area contributed by atoms with Gasteiger partial charge in [-0.1, -0.05) is 6.07 Å². The van der Waals surface area contributed by atoms with Gasteiger partial charge in [-0.25, -0.2) is 4.39 Å². The summed E-state index contributed by atoms with van der Waals surface area (Å²) in [6.45, 7) is 1.49. The van der Waals surface area contributed by atoms with Crippen molar-refractivity contribution in [3.05, 3.63) is 47.8 Å². The molecular weight excluding hydrogens is 393 g/mol. The molecule has 9 heteroatoms. The van der Waals surface area contributed by atoms with Gasteiger partial charge in [0.1, 0.15) is 5.82 Å². The fourth-order valence-corrected chi connectivity index (χ4v) is 3.21. The molecule has 0 radical (unpaired) electrons. The van der Waals surface area contributed by atoms with Crippen molar-refractivity contribution in [2.75, 3.05) is 30.5 Å². The summed E-state index contributed by atoms with van der Waals surface area (Å²) < 4.78 is 24.7. The maximum Gasteiger partial charge on any atom is 0.255 e. The third-order valence-electron chi connectivity index (χ3n) is 4.69. The minimum Gasteiger partial charge on any atom is -0.493 e. The Labute approximate surface area is 172 Å². The molecule has 3 N–H and O–H groups in total. The van der Waals surface area contributed by atoms with E-state index >= 15 is 0 Å². The third kappa shape index (κ3) is 4.68. The van der Waals surface area contributed by atoms with Crippen molar-refractivity contribution in [2.45, 2.75) is 13.3 Å². The lowest BCUT2D eigenvalue weighted by molar-refractivity contribution is -0.122. The predicted octanol–water partition coefficient (Wildman–Crippen LogP) is 2.00. The number of carbonyl (C=O) groups is 3. The molecule has 3 amide bonds. The van der Waals surface area contributed by atoms with Crippen LogP contribution in [0.2, 0.25) is 0 Å². The molecule has 2 aromatic carbocycles. The molecular formula is C21H22FN3O5. The Balaban J connectivity index is 1.71. The van der Waals surface area contributed by atoms with Crippen molar-refractivity contribution in [3.63, 3.8) is 0 Å². The van der Waals surface area contributed by atoms with E-state index in [9.17, 15) is 18.8 Å². The van der Waals surface area contributed by atoms with Crippen LogP contribution in [0.5, 0.6) is 11.5 Å². The molecule has 0 bridgehead atoms. The predicted molar refractivity (Wildman–Crippen MR) is 108 cm³/mol. The maximum absolute atomic E-state index is 14.2. The number of methoxy groups -OCH3 is 1. The SMILES string of the molecule is COc1ccc(NC(=O)C2CC(=O)N(c3ccc(C)cc3F)C2)cc1OCC(N)=O. The van der Waals surface area contributed by atoms with Crippen molar-refractivity contribution in [1.82, 2.24) is 0 Å². The van der Waals surface area contributed by atoms with E-state index in [0.29, 0.717) is 11.4 Å². The lowest BCUT2D eigenvalue weighted by atomic mass is 10.1. The van der Waals surface area contributed by atoms with Crippen LogP contribution in [-0.2, 0) is 14.4 Å². The van der Waals surface area contributed by atoms with Gasteiger partial charge in [-0.05, 0) is 36.8 Å². The second kappa shape index (κ2) is 8.81. The van der Waals surface area contributed by atoms with Gasteiger partial charge in [-0.3, -0.25) is 14.4 Å². The van der Waals surface area contributed by atoms with Crippen molar-refractivity contribution in [2.24, 2.45) is 11.7 Å². The standard InChI is InChI=1S/C21H22FN3O5/c1-12-3-5-16(15(22)7-12)25-10-13(8-20(25)27)21(28)24-14-4-6-17(29-2)18(9-14)30-11-19(23)26/h3-7,9,13H,8,10-11H2,1-2H3,(H2,23,26)(H,24,28). The van der Waals surface area contributed by atoms with E-state index in [0.717, 1.165) is 5.56 Å². The number of hydrogen-bond donors (Lipinski definition) is 2. The normalized spacial score (nSPS) is 15.8. The number of nitrogens with one attached hydrogen (secondary N) is 1. The highest BCUT2D eigenvalue weighted by Crippen LogP contribution is 2.32. The number of nitrogens with two attached hydrogens (primary N) is 1. The highest BCUT2D eigenvalue weighted by molar-refractivity contribution is 6.03. The number of hydrogen-bond acceptors (Lipinski definition) is 5. The summed E-state index contributed by atoms with van der Waals surface area (Å²) >= 11 is 0. The molecule has 1 unspecified atom stereocenters. The van der Waals surface area contributed by atoms with E-state index in [2.05, 4.69) is 5.32 Å². The topological polar surface area (TPSA) is 111 Å². The van der Waals surface area contributed by atoms with Crippen molar-refractivity contribution < 1.29 is 28.2 Å².